The smallest absolute Gasteiger partial charge is 0.410 e. The van der Waals surface area contributed by atoms with Crippen LogP contribution in [-0.2, 0) is 4.74 Å². The third-order valence-corrected chi connectivity index (χ3v) is 4.30. The molecular formula is C15H28N2O2. The minimum absolute atomic E-state index is 0.234. The number of nitrogens with one attached hydrogen (secondary N) is 1. The van der Waals surface area contributed by atoms with Crippen molar-refractivity contribution in [1.82, 2.24) is 10.2 Å². The van der Waals surface area contributed by atoms with Gasteiger partial charge in [-0.25, -0.2) is 4.79 Å². The van der Waals surface area contributed by atoms with Gasteiger partial charge in [0, 0.05) is 26.2 Å². The zero-order valence-corrected chi connectivity index (χ0v) is 12.7. The fraction of sp³-hybridized carbons (Fsp3) is 0.933. The predicted molar refractivity (Wildman–Crippen MR) is 76.1 cm³/mol. The van der Waals surface area contributed by atoms with Gasteiger partial charge in [-0.15, -0.1) is 0 Å². The highest BCUT2D eigenvalue weighted by Gasteiger charge is 2.38. The van der Waals surface area contributed by atoms with Crippen molar-refractivity contribution in [3.8, 4) is 0 Å². The van der Waals surface area contributed by atoms with E-state index in [1.165, 1.54) is 25.7 Å². The highest BCUT2D eigenvalue weighted by Crippen LogP contribution is 2.44. The number of rotatable bonds is 4. The first-order chi connectivity index (χ1) is 8.85. The Morgan fingerprint density at radius 2 is 2.05 bits per heavy atom. The lowest BCUT2D eigenvalue weighted by molar-refractivity contribution is 0.0298. The highest BCUT2D eigenvalue weighted by molar-refractivity contribution is 5.67. The van der Waals surface area contributed by atoms with Crippen LogP contribution in [0.4, 0.5) is 4.79 Å². The molecule has 3 atom stereocenters. The summed E-state index contributed by atoms with van der Waals surface area (Å²) in [5, 5.41) is 3.61. The molecule has 19 heavy (non-hydrogen) atoms. The van der Waals surface area contributed by atoms with Gasteiger partial charge in [0.05, 0.1) is 0 Å². The predicted octanol–water partition coefficient (Wildman–Crippen LogP) is 2.63. The molecule has 0 saturated heterocycles. The Hall–Kier alpha value is -0.770. The molecule has 1 amide bonds. The van der Waals surface area contributed by atoms with Crippen LogP contribution in [0.2, 0.25) is 0 Å². The van der Waals surface area contributed by atoms with Gasteiger partial charge in [0.2, 0.25) is 0 Å². The first kappa shape index (κ1) is 14.6. The van der Waals surface area contributed by atoms with E-state index in [1.54, 1.807) is 11.9 Å². The van der Waals surface area contributed by atoms with Gasteiger partial charge in [0.25, 0.3) is 0 Å². The van der Waals surface area contributed by atoms with E-state index >= 15 is 0 Å². The molecule has 0 spiro atoms. The van der Waals surface area contributed by atoms with Crippen molar-refractivity contribution in [2.75, 3.05) is 20.1 Å². The van der Waals surface area contributed by atoms with Gasteiger partial charge >= 0.3 is 6.09 Å². The average Bonchev–Trinajstić information content (AvgIpc) is 2.88. The Labute approximate surface area is 116 Å². The Balaban J connectivity index is 1.64. The van der Waals surface area contributed by atoms with E-state index in [4.69, 9.17) is 4.74 Å². The van der Waals surface area contributed by atoms with Crippen LogP contribution in [0, 0.1) is 11.8 Å². The summed E-state index contributed by atoms with van der Waals surface area (Å²) in [7, 11) is 1.80. The van der Waals surface area contributed by atoms with E-state index < -0.39 is 5.60 Å². The molecule has 1 N–H and O–H groups in total. The lowest BCUT2D eigenvalue weighted by Crippen LogP contribution is -2.41. The maximum absolute atomic E-state index is 11.8. The van der Waals surface area contributed by atoms with E-state index in [9.17, 15) is 4.79 Å². The highest BCUT2D eigenvalue weighted by atomic mass is 16.6. The number of carbonyl (C=O) groups is 1. The molecule has 0 aromatic carbocycles. The van der Waals surface area contributed by atoms with Crippen LogP contribution in [0.3, 0.4) is 0 Å². The van der Waals surface area contributed by atoms with Gasteiger partial charge in [-0.1, -0.05) is 6.42 Å². The van der Waals surface area contributed by atoms with E-state index in [0.717, 1.165) is 18.4 Å². The van der Waals surface area contributed by atoms with Gasteiger partial charge < -0.3 is 15.0 Å². The second-order valence-electron chi connectivity index (χ2n) is 7.14. The summed E-state index contributed by atoms with van der Waals surface area (Å²) in [6.45, 7) is 7.26. The molecule has 2 bridgehead atoms. The summed E-state index contributed by atoms with van der Waals surface area (Å²) in [6, 6.07) is 0.686. The largest absolute Gasteiger partial charge is 0.444 e. The normalized spacial score (nSPS) is 29.6. The van der Waals surface area contributed by atoms with Crippen LogP contribution in [-0.4, -0.2) is 42.8 Å². The molecule has 0 aromatic rings. The third kappa shape index (κ3) is 4.10. The van der Waals surface area contributed by atoms with E-state index in [1.807, 2.05) is 20.8 Å². The molecule has 0 aliphatic heterocycles. The Kier molecular flexibility index (Phi) is 4.39. The number of hydrogen-bond acceptors (Lipinski definition) is 3. The van der Waals surface area contributed by atoms with Crippen molar-refractivity contribution in [3.05, 3.63) is 0 Å². The summed E-state index contributed by atoms with van der Waals surface area (Å²) >= 11 is 0. The Morgan fingerprint density at radius 3 is 2.58 bits per heavy atom. The molecule has 0 radical (unpaired) electrons. The van der Waals surface area contributed by atoms with Crippen LogP contribution in [0.1, 0.15) is 46.5 Å². The summed E-state index contributed by atoms with van der Waals surface area (Å²) < 4.78 is 5.33. The fourth-order valence-corrected chi connectivity index (χ4v) is 3.34. The van der Waals surface area contributed by atoms with Gasteiger partial charge in [-0.05, 0) is 51.9 Å². The topological polar surface area (TPSA) is 41.6 Å². The van der Waals surface area contributed by atoms with Crippen molar-refractivity contribution in [3.63, 3.8) is 0 Å². The summed E-state index contributed by atoms with van der Waals surface area (Å²) in [4.78, 5) is 13.4. The second-order valence-corrected chi connectivity index (χ2v) is 7.14. The van der Waals surface area contributed by atoms with E-state index in [0.29, 0.717) is 12.6 Å². The molecule has 0 heterocycles. The molecule has 2 aliphatic carbocycles. The number of fused-ring (bicyclic) bond motifs is 2. The number of carbonyl (C=O) groups excluding carboxylic acids is 1. The molecule has 2 rings (SSSR count). The average molecular weight is 268 g/mol. The molecular weight excluding hydrogens is 240 g/mol. The lowest BCUT2D eigenvalue weighted by atomic mass is 9.95. The first-order valence-corrected chi connectivity index (χ1v) is 7.52. The van der Waals surface area contributed by atoms with Crippen molar-refractivity contribution in [1.29, 1.82) is 0 Å². The monoisotopic (exact) mass is 268 g/mol. The quantitative estimate of drug-likeness (QED) is 0.852. The molecule has 0 aromatic heterocycles. The fourth-order valence-electron chi connectivity index (χ4n) is 3.34. The molecule has 2 fully saturated rings. The Bertz CT molecular complexity index is 325. The standard InChI is InChI=1S/C15H28N2O2/c1-15(2,3)19-14(18)17(4)8-7-16-13-10-11-5-6-12(13)9-11/h11-13,16H,5-10H2,1-4H3. The Morgan fingerprint density at radius 1 is 1.32 bits per heavy atom. The van der Waals surface area contributed by atoms with Crippen molar-refractivity contribution >= 4 is 6.09 Å². The maximum Gasteiger partial charge on any atom is 0.410 e. The number of hydrogen-bond donors (Lipinski definition) is 1. The molecule has 4 nitrogen and oxygen atoms in total. The van der Waals surface area contributed by atoms with Crippen molar-refractivity contribution in [2.45, 2.75) is 58.1 Å². The number of likely N-dealkylation sites (N-methyl/N-ethyl adjacent to an activating group) is 1. The van der Waals surface area contributed by atoms with Gasteiger partial charge in [0.1, 0.15) is 5.60 Å². The van der Waals surface area contributed by atoms with Crippen LogP contribution in [0.25, 0.3) is 0 Å². The summed E-state index contributed by atoms with van der Waals surface area (Å²) in [5.74, 6) is 1.85. The third-order valence-electron chi connectivity index (χ3n) is 4.30. The zero-order valence-electron chi connectivity index (χ0n) is 12.7. The molecule has 4 heteroatoms. The van der Waals surface area contributed by atoms with E-state index in [-0.39, 0.29) is 6.09 Å². The molecule has 3 unspecified atom stereocenters. The summed E-state index contributed by atoms with van der Waals surface area (Å²) in [5.41, 5.74) is -0.413. The zero-order chi connectivity index (χ0) is 14.0. The van der Waals surface area contributed by atoms with Crippen LogP contribution < -0.4 is 5.32 Å². The van der Waals surface area contributed by atoms with Crippen LogP contribution in [0.15, 0.2) is 0 Å². The molecule has 2 saturated carbocycles. The lowest BCUT2D eigenvalue weighted by Gasteiger charge is -2.26. The van der Waals surface area contributed by atoms with Gasteiger partial charge in [-0.2, -0.15) is 0 Å². The maximum atomic E-state index is 11.8. The summed E-state index contributed by atoms with van der Waals surface area (Å²) in [6.07, 6.45) is 5.34. The minimum Gasteiger partial charge on any atom is -0.444 e. The van der Waals surface area contributed by atoms with Crippen LogP contribution in [0.5, 0.6) is 0 Å². The van der Waals surface area contributed by atoms with Crippen molar-refractivity contribution in [2.24, 2.45) is 11.8 Å². The SMILES string of the molecule is CN(CCNC1CC2CCC1C2)C(=O)OC(C)(C)C. The number of amides is 1. The van der Waals surface area contributed by atoms with Gasteiger partial charge in [0.15, 0.2) is 0 Å². The first-order valence-electron chi connectivity index (χ1n) is 7.52. The van der Waals surface area contributed by atoms with Crippen molar-refractivity contribution < 1.29 is 9.53 Å². The van der Waals surface area contributed by atoms with Gasteiger partial charge in [-0.3, -0.25) is 0 Å². The minimum atomic E-state index is -0.413. The number of ether oxygens (including phenoxy) is 1. The second kappa shape index (κ2) is 5.70. The number of nitrogens with zero attached hydrogens (tertiary/aromatic N) is 1. The molecule has 2 aliphatic rings. The molecule has 110 valence electrons. The van der Waals surface area contributed by atoms with Crippen LogP contribution >= 0.6 is 0 Å². The van der Waals surface area contributed by atoms with E-state index in [2.05, 4.69) is 5.32 Å².